The number of nitrogens with zero attached hydrogens (tertiary/aromatic N) is 3. The minimum absolute atomic E-state index is 0.00618. The molecule has 0 unspecified atom stereocenters. The fourth-order valence-electron chi connectivity index (χ4n) is 3.08. The van der Waals surface area contributed by atoms with E-state index in [1.807, 2.05) is 30.3 Å². The summed E-state index contributed by atoms with van der Waals surface area (Å²) < 4.78 is 42.3. The maximum atomic E-state index is 12.9. The van der Waals surface area contributed by atoms with Gasteiger partial charge in [0.25, 0.3) is 15.9 Å². The van der Waals surface area contributed by atoms with Gasteiger partial charge in [0.05, 0.1) is 26.2 Å². The van der Waals surface area contributed by atoms with Crippen molar-refractivity contribution in [2.45, 2.75) is 17.9 Å². The molecule has 0 atom stereocenters. The number of sulfonamides is 1. The topological polar surface area (TPSA) is 112 Å². The van der Waals surface area contributed by atoms with E-state index in [2.05, 4.69) is 10.2 Å². The molecule has 2 aromatic carbocycles. The van der Waals surface area contributed by atoms with E-state index in [1.165, 1.54) is 26.4 Å². The lowest BCUT2D eigenvalue weighted by atomic mass is 10.2. The number of rotatable bonds is 6. The Kier molecular flexibility index (Phi) is 4.71. The monoisotopic (exact) mass is 415 g/mol. The van der Waals surface area contributed by atoms with Crippen molar-refractivity contribution in [1.82, 2.24) is 14.5 Å². The number of methoxy groups -OCH3 is 2. The van der Waals surface area contributed by atoms with Crippen LogP contribution in [0, 0.1) is 0 Å². The second-order valence-corrected chi connectivity index (χ2v) is 8.10. The van der Waals surface area contributed by atoms with Gasteiger partial charge >= 0.3 is 0 Å². The van der Waals surface area contributed by atoms with E-state index in [-0.39, 0.29) is 34.4 Å². The molecule has 0 saturated carbocycles. The molecule has 1 amide bonds. The number of hydrogen-bond acceptors (Lipinski definition) is 8. The first kappa shape index (κ1) is 18.9. The third kappa shape index (κ3) is 3.31. The van der Waals surface area contributed by atoms with Crippen LogP contribution in [0.15, 0.2) is 51.8 Å². The van der Waals surface area contributed by atoms with Crippen molar-refractivity contribution in [2.24, 2.45) is 0 Å². The molecular weight excluding hydrogens is 398 g/mol. The molecule has 4 rings (SSSR count). The Morgan fingerprint density at radius 2 is 1.66 bits per heavy atom. The molecule has 1 aliphatic rings. The van der Waals surface area contributed by atoms with E-state index in [4.69, 9.17) is 13.9 Å². The molecule has 150 valence electrons. The SMILES string of the molecule is COc1cc2c(cc1OC)S(=O)(=O)N(Cc1nnc(Cc3ccccc3)o1)C2=O. The predicted molar refractivity (Wildman–Crippen MR) is 100 cm³/mol. The minimum atomic E-state index is -4.08. The highest BCUT2D eigenvalue weighted by Gasteiger charge is 2.43. The zero-order valence-electron chi connectivity index (χ0n) is 15.7. The first-order valence-electron chi connectivity index (χ1n) is 8.62. The molecule has 0 N–H and O–H groups in total. The van der Waals surface area contributed by atoms with Gasteiger partial charge in [-0.2, -0.15) is 0 Å². The van der Waals surface area contributed by atoms with Crippen molar-refractivity contribution in [3.8, 4) is 11.5 Å². The highest BCUT2D eigenvalue weighted by molar-refractivity contribution is 7.90. The van der Waals surface area contributed by atoms with Gasteiger partial charge in [-0.25, -0.2) is 12.7 Å². The summed E-state index contributed by atoms with van der Waals surface area (Å²) in [6, 6.07) is 12.1. The Hall–Kier alpha value is -3.40. The van der Waals surface area contributed by atoms with E-state index < -0.39 is 15.9 Å². The predicted octanol–water partition coefficient (Wildman–Crippen LogP) is 2.02. The van der Waals surface area contributed by atoms with Crippen molar-refractivity contribution < 1.29 is 27.1 Å². The summed E-state index contributed by atoms with van der Waals surface area (Å²) in [6.45, 7) is -0.359. The Balaban J connectivity index is 1.61. The number of carbonyl (C=O) groups excluding carboxylic acids is 1. The van der Waals surface area contributed by atoms with Gasteiger partial charge in [0.15, 0.2) is 11.5 Å². The summed E-state index contributed by atoms with van der Waals surface area (Å²) >= 11 is 0. The van der Waals surface area contributed by atoms with Gasteiger partial charge in [0, 0.05) is 6.07 Å². The van der Waals surface area contributed by atoms with Gasteiger partial charge in [-0.05, 0) is 11.6 Å². The molecule has 0 spiro atoms. The number of hydrogen-bond donors (Lipinski definition) is 0. The summed E-state index contributed by atoms with van der Waals surface area (Å²) in [5.74, 6) is 0.145. The Bertz CT molecular complexity index is 1170. The van der Waals surface area contributed by atoms with Crippen LogP contribution in [0.5, 0.6) is 11.5 Å². The lowest BCUT2D eigenvalue weighted by Crippen LogP contribution is -2.29. The normalized spacial score (nSPS) is 14.7. The van der Waals surface area contributed by atoms with Gasteiger partial charge in [-0.3, -0.25) is 4.79 Å². The molecule has 0 saturated heterocycles. The summed E-state index contributed by atoms with van der Waals surface area (Å²) in [4.78, 5) is 12.6. The quantitative estimate of drug-likeness (QED) is 0.601. The van der Waals surface area contributed by atoms with Crippen molar-refractivity contribution in [3.05, 3.63) is 65.4 Å². The summed E-state index contributed by atoms with van der Waals surface area (Å²) in [5, 5.41) is 7.82. The van der Waals surface area contributed by atoms with Crippen LogP contribution in [0.2, 0.25) is 0 Å². The third-order valence-corrected chi connectivity index (χ3v) is 6.27. The maximum absolute atomic E-state index is 12.9. The number of amides is 1. The molecule has 1 aliphatic heterocycles. The van der Waals surface area contributed by atoms with E-state index >= 15 is 0 Å². The van der Waals surface area contributed by atoms with Gasteiger partial charge in [0.2, 0.25) is 11.8 Å². The second-order valence-electron chi connectivity index (χ2n) is 6.27. The van der Waals surface area contributed by atoms with Gasteiger partial charge in [-0.15, -0.1) is 10.2 Å². The van der Waals surface area contributed by atoms with Crippen LogP contribution < -0.4 is 9.47 Å². The van der Waals surface area contributed by atoms with Gasteiger partial charge in [0.1, 0.15) is 11.4 Å². The van der Waals surface area contributed by atoms with Gasteiger partial charge < -0.3 is 13.9 Å². The van der Waals surface area contributed by atoms with Crippen molar-refractivity contribution in [2.75, 3.05) is 14.2 Å². The fraction of sp³-hybridized carbons (Fsp3) is 0.211. The average molecular weight is 415 g/mol. The number of aromatic nitrogens is 2. The Morgan fingerprint density at radius 3 is 2.34 bits per heavy atom. The molecule has 29 heavy (non-hydrogen) atoms. The van der Waals surface area contributed by atoms with Crippen LogP contribution in [-0.2, 0) is 23.0 Å². The maximum Gasteiger partial charge on any atom is 0.269 e. The largest absolute Gasteiger partial charge is 0.493 e. The van der Waals surface area contributed by atoms with E-state index in [0.29, 0.717) is 16.6 Å². The Labute approximate surface area is 166 Å². The van der Waals surface area contributed by atoms with Crippen molar-refractivity contribution in [3.63, 3.8) is 0 Å². The summed E-state index contributed by atoms with van der Waals surface area (Å²) in [6.07, 6.45) is 0.406. The molecule has 1 aromatic heterocycles. The first-order valence-corrected chi connectivity index (χ1v) is 10.1. The molecule has 0 radical (unpaired) electrons. The smallest absolute Gasteiger partial charge is 0.269 e. The molecule has 0 fully saturated rings. The molecule has 9 nitrogen and oxygen atoms in total. The number of carbonyl (C=O) groups is 1. The minimum Gasteiger partial charge on any atom is -0.493 e. The van der Waals surface area contributed by atoms with Crippen LogP contribution in [0.4, 0.5) is 0 Å². The Morgan fingerprint density at radius 1 is 1.00 bits per heavy atom. The summed E-state index contributed by atoms with van der Waals surface area (Å²) in [7, 11) is -1.29. The number of ether oxygens (including phenoxy) is 2. The third-order valence-electron chi connectivity index (χ3n) is 4.50. The first-order chi connectivity index (χ1) is 13.9. The van der Waals surface area contributed by atoms with Crippen LogP contribution in [0.1, 0.15) is 27.7 Å². The molecule has 10 heteroatoms. The zero-order chi connectivity index (χ0) is 20.6. The molecular formula is C19H17N3O6S. The van der Waals surface area contributed by atoms with Crippen LogP contribution in [0.25, 0.3) is 0 Å². The number of fused-ring (bicyclic) bond motifs is 1. The highest BCUT2D eigenvalue weighted by atomic mass is 32.2. The van der Waals surface area contributed by atoms with Crippen LogP contribution >= 0.6 is 0 Å². The van der Waals surface area contributed by atoms with Crippen molar-refractivity contribution in [1.29, 1.82) is 0 Å². The lowest BCUT2D eigenvalue weighted by molar-refractivity contribution is 0.0856. The zero-order valence-corrected chi connectivity index (χ0v) is 16.5. The van der Waals surface area contributed by atoms with Crippen LogP contribution in [0.3, 0.4) is 0 Å². The standard InChI is InChI=1S/C19H17N3O6S/c1-26-14-9-13-16(10-15(14)27-2)29(24,25)22(19(13)23)11-18-21-20-17(28-18)8-12-6-4-3-5-7-12/h3-7,9-10H,8,11H2,1-2H3. The van der Waals surface area contributed by atoms with E-state index in [9.17, 15) is 13.2 Å². The lowest BCUT2D eigenvalue weighted by Gasteiger charge is -2.12. The van der Waals surface area contributed by atoms with E-state index in [1.54, 1.807) is 0 Å². The molecule has 3 aromatic rings. The van der Waals surface area contributed by atoms with Crippen molar-refractivity contribution >= 4 is 15.9 Å². The van der Waals surface area contributed by atoms with E-state index in [0.717, 1.165) is 5.56 Å². The average Bonchev–Trinajstić information content (AvgIpc) is 3.24. The summed E-state index contributed by atoms with van der Waals surface area (Å²) in [5.41, 5.74) is 0.978. The number of benzene rings is 2. The fourth-order valence-corrected chi connectivity index (χ4v) is 4.59. The molecule has 2 heterocycles. The van der Waals surface area contributed by atoms with Crippen LogP contribution in [-0.4, -0.2) is 43.0 Å². The van der Waals surface area contributed by atoms with Gasteiger partial charge in [-0.1, -0.05) is 30.3 Å². The molecule has 0 aliphatic carbocycles. The molecule has 0 bridgehead atoms. The highest BCUT2D eigenvalue weighted by Crippen LogP contribution is 2.39. The second kappa shape index (κ2) is 7.21.